The lowest BCUT2D eigenvalue weighted by molar-refractivity contribution is -0.111. The lowest BCUT2D eigenvalue weighted by Crippen LogP contribution is -2.10. The van der Waals surface area contributed by atoms with Crippen molar-refractivity contribution in [2.75, 3.05) is 12.4 Å². The van der Waals surface area contributed by atoms with Crippen LogP contribution in [-0.2, 0) is 17.6 Å². The van der Waals surface area contributed by atoms with Crippen LogP contribution in [0.1, 0.15) is 42.2 Å². The van der Waals surface area contributed by atoms with Crippen molar-refractivity contribution in [2.24, 2.45) is 0 Å². The molecule has 1 aliphatic carbocycles. The Bertz CT molecular complexity index is 1180. The van der Waals surface area contributed by atoms with Crippen LogP contribution in [0.2, 0.25) is 0 Å². The van der Waals surface area contributed by atoms with Gasteiger partial charge in [-0.05, 0) is 56.9 Å². The number of carbonyl (C=O) groups excluding carboxylic acids is 1. The van der Waals surface area contributed by atoms with Crippen molar-refractivity contribution >= 4 is 28.1 Å². The van der Waals surface area contributed by atoms with Gasteiger partial charge in [-0.25, -0.2) is 8.78 Å². The summed E-state index contributed by atoms with van der Waals surface area (Å²) in [7, 11) is 1.59. The van der Waals surface area contributed by atoms with Gasteiger partial charge in [-0.15, -0.1) is 0 Å². The first kappa shape index (κ1) is 20.1. The normalized spacial score (nSPS) is 14.0. The van der Waals surface area contributed by atoms with Crippen LogP contribution in [-0.4, -0.2) is 13.0 Å². The van der Waals surface area contributed by atoms with E-state index in [0.29, 0.717) is 11.3 Å². The molecule has 156 valence electrons. The molecule has 1 aliphatic rings. The Kier molecular flexibility index (Phi) is 5.33. The maximum absolute atomic E-state index is 13.8. The highest BCUT2D eigenvalue weighted by Gasteiger charge is 2.23. The zero-order valence-corrected chi connectivity index (χ0v) is 17.2. The van der Waals surface area contributed by atoms with E-state index in [1.165, 1.54) is 17.7 Å². The standard InChI is InChI=1S/C24H23F2NO3/c1-13(10-22(28)27-20-9-8-15(25)11-19(20)26)17-12-18-16-6-4-5-7-21(16)30-24(18)14(2)23(17)29-3/h8-12H,4-7H2,1-3H3,(H,27,28)/b13-10+. The summed E-state index contributed by atoms with van der Waals surface area (Å²) in [6.07, 6.45) is 5.54. The summed E-state index contributed by atoms with van der Waals surface area (Å²) in [6.45, 7) is 3.75. The molecule has 30 heavy (non-hydrogen) atoms. The Morgan fingerprint density at radius 2 is 1.97 bits per heavy atom. The Hall–Kier alpha value is -3.15. The molecular weight excluding hydrogens is 388 g/mol. The van der Waals surface area contributed by atoms with Crippen LogP contribution in [0.5, 0.6) is 5.75 Å². The van der Waals surface area contributed by atoms with Crippen molar-refractivity contribution in [3.8, 4) is 5.75 Å². The van der Waals surface area contributed by atoms with E-state index in [-0.39, 0.29) is 5.69 Å². The molecule has 0 unspecified atom stereocenters. The summed E-state index contributed by atoms with van der Waals surface area (Å²) in [5, 5.41) is 3.51. The number of anilines is 1. The molecule has 1 N–H and O–H groups in total. The number of nitrogens with one attached hydrogen (secondary N) is 1. The number of allylic oxidation sites excluding steroid dienone is 1. The molecule has 0 aliphatic heterocycles. The zero-order valence-electron chi connectivity index (χ0n) is 17.2. The van der Waals surface area contributed by atoms with Gasteiger partial charge in [-0.3, -0.25) is 4.79 Å². The molecule has 0 fully saturated rings. The number of rotatable bonds is 4. The molecule has 3 aromatic rings. The number of carbonyl (C=O) groups is 1. The highest BCUT2D eigenvalue weighted by molar-refractivity contribution is 6.05. The van der Waals surface area contributed by atoms with Crippen LogP contribution in [0.4, 0.5) is 14.5 Å². The van der Waals surface area contributed by atoms with Gasteiger partial charge in [-0.1, -0.05) is 0 Å². The molecular formula is C24H23F2NO3. The maximum Gasteiger partial charge on any atom is 0.248 e. The van der Waals surface area contributed by atoms with Gasteiger partial charge < -0.3 is 14.5 Å². The third-order valence-corrected chi connectivity index (χ3v) is 5.59. The van der Waals surface area contributed by atoms with Gasteiger partial charge in [0.25, 0.3) is 0 Å². The molecule has 6 heteroatoms. The lowest BCUT2D eigenvalue weighted by atomic mass is 9.93. The Morgan fingerprint density at radius 1 is 1.20 bits per heavy atom. The summed E-state index contributed by atoms with van der Waals surface area (Å²) in [6, 6.07) is 5.03. The summed E-state index contributed by atoms with van der Waals surface area (Å²) >= 11 is 0. The molecule has 0 spiro atoms. The number of hydrogen-bond acceptors (Lipinski definition) is 3. The second-order valence-electron chi connectivity index (χ2n) is 7.61. The van der Waals surface area contributed by atoms with Crippen molar-refractivity contribution in [3.63, 3.8) is 0 Å². The first-order valence-corrected chi connectivity index (χ1v) is 9.95. The van der Waals surface area contributed by atoms with Crippen molar-refractivity contribution in [1.82, 2.24) is 0 Å². The first-order chi connectivity index (χ1) is 14.4. The van der Waals surface area contributed by atoms with Crippen molar-refractivity contribution in [1.29, 1.82) is 0 Å². The molecule has 0 radical (unpaired) electrons. The summed E-state index contributed by atoms with van der Waals surface area (Å²) < 4.78 is 38.7. The van der Waals surface area contributed by atoms with Gasteiger partial charge in [0.2, 0.25) is 5.91 Å². The minimum atomic E-state index is -0.825. The van der Waals surface area contributed by atoms with E-state index in [2.05, 4.69) is 5.32 Å². The predicted octanol–water partition coefficient (Wildman–Crippen LogP) is 5.95. The number of methoxy groups -OCH3 is 1. The highest BCUT2D eigenvalue weighted by Crippen LogP contribution is 2.41. The number of ether oxygens (including phenoxy) is 1. The molecule has 1 aromatic heterocycles. The molecule has 1 heterocycles. The lowest BCUT2D eigenvalue weighted by Gasteiger charge is -2.13. The van der Waals surface area contributed by atoms with Crippen LogP contribution >= 0.6 is 0 Å². The Labute approximate surface area is 173 Å². The van der Waals surface area contributed by atoms with Gasteiger partial charge in [0, 0.05) is 40.6 Å². The van der Waals surface area contributed by atoms with E-state index in [1.54, 1.807) is 14.0 Å². The number of aryl methyl sites for hydroxylation is 3. The third kappa shape index (κ3) is 3.58. The fraction of sp³-hybridized carbons (Fsp3) is 0.292. The van der Waals surface area contributed by atoms with E-state index in [0.717, 1.165) is 65.7 Å². The number of hydrogen-bond donors (Lipinski definition) is 1. The molecule has 4 nitrogen and oxygen atoms in total. The van der Waals surface area contributed by atoms with E-state index in [9.17, 15) is 13.6 Å². The van der Waals surface area contributed by atoms with Crippen LogP contribution in [0.3, 0.4) is 0 Å². The van der Waals surface area contributed by atoms with Crippen LogP contribution in [0, 0.1) is 18.6 Å². The second kappa shape index (κ2) is 7.94. The quantitative estimate of drug-likeness (QED) is 0.540. The number of furan rings is 1. The maximum atomic E-state index is 13.8. The minimum absolute atomic E-state index is 0.0760. The summed E-state index contributed by atoms with van der Waals surface area (Å²) in [5.74, 6) is -0.358. The molecule has 0 saturated carbocycles. The third-order valence-electron chi connectivity index (χ3n) is 5.59. The van der Waals surface area contributed by atoms with Gasteiger partial charge in [0.15, 0.2) is 0 Å². The van der Waals surface area contributed by atoms with E-state index in [4.69, 9.17) is 9.15 Å². The molecule has 0 saturated heterocycles. The second-order valence-corrected chi connectivity index (χ2v) is 7.61. The largest absolute Gasteiger partial charge is 0.496 e. The molecule has 0 atom stereocenters. The van der Waals surface area contributed by atoms with Gasteiger partial charge in [0.05, 0.1) is 12.8 Å². The monoisotopic (exact) mass is 411 g/mol. The van der Waals surface area contributed by atoms with Crippen molar-refractivity contribution in [2.45, 2.75) is 39.5 Å². The minimum Gasteiger partial charge on any atom is -0.496 e. The molecule has 1 amide bonds. The predicted molar refractivity (Wildman–Crippen MR) is 113 cm³/mol. The summed E-state index contributed by atoms with van der Waals surface area (Å²) in [4.78, 5) is 12.5. The topological polar surface area (TPSA) is 51.5 Å². The van der Waals surface area contributed by atoms with Crippen LogP contribution in [0.15, 0.2) is 34.8 Å². The van der Waals surface area contributed by atoms with E-state index < -0.39 is 17.5 Å². The fourth-order valence-corrected chi connectivity index (χ4v) is 4.13. The number of halogens is 2. The zero-order chi connectivity index (χ0) is 21.4. The number of benzene rings is 2. The van der Waals surface area contributed by atoms with Crippen LogP contribution < -0.4 is 10.1 Å². The smallest absolute Gasteiger partial charge is 0.248 e. The molecule has 4 rings (SSSR count). The SMILES string of the molecule is COc1c(/C(C)=C/C(=O)Nc2ccc(F)cc2F)cc2c3c(oc2c1C)CCCC3. The fourth-order valence-electron chi connectivity index (χ4n) is 4.13. The van der Waals surface area contributed by atoms with Crippen molar-refractivity contribution in [3.05, 3.63) is 64.4 Å². The van der Waals surface area contributed by atoms with E-state index in [1.807, 2.05) is 13.0 Å². The van der Waals surface area contributed by atoms with Gasteiger partial charge >= 0.3 is 0 Å². The Morgan fingerprint density at radius 3 is 2.70 bits per heavy atom. The average Bonchev–Trinajstić information content (AvgIpc) is 3.09. The number of fused-ring (bicyclic) bond motifs is 3. The summed E-state index contributed by atoms with van der Waals surface area (Å²) in [5.41, 5.74) is 4.32. The van der Waals surface area contributed by atoms with Gasteiger partial charge in [-0.2, -0.15) is 0 Å². The molecule has 0 bridgehead atoms. The van der Waals surface area contributed by atoms with Gasteiger partial charge in [0.1, 0.15) is 28.7 Å². The first-order valence-electron chi connectivity index (χ1n) is 9.95. The number of amides is 1. The van der Waals surface area contributed by atoms with E-state index >= 15 is 0 Å². The highest BCUT2D eigenvalue weighted by atomic mass is 19.1. The Balaban J connectivity index is 1.72. The van der Waals surface area contributed by atoms with Crippen molar-refractivity contribution < 1.29 is 22.7 Å². The van der Waals surface area contributed by atoms with Crippen LogP contribution in [0.25, 0.3) is 16.5 Å². The molecule has 2 aromatic carbocycles. The average molecular weight is 411 g/mol.